The molecule has 8 heteroatoms. The van der Waals surface area contributed by atoms with Crippen LogP contribution in [0.4, 0.5) is 0 Å². The number of hydrogen-bond acceptors (Lipinski definition) is 6. The lowest BCUT2D eigenvalue weighted by molar-refractivity contribution is -0.225. The Balaban J connectivity index is 5.50. The van der Waals surface area contributed by atoms with Gasteiger partial charge in [0.05, 0.1) is 13.2 Å². The van der Waals surface area contributed by atoms with Crippen LogP contribution in [0.3, 0.4) is 0 Å². The molecule has 5 N–H and O–H groups in total. The minimum absolute atomic E-state index is 0.322. The van der Waals surface area contributed by atoms with Crippen LogP contribution in [0.1, 0.15) is 26.7 Å². The van der Waals surface area contributed by atoms with Crippen molar-refractivity contribution in [1.29, 1.82) is 0 Å². The van der Waals surface area contributed by atoms with Crippen LogP contribution in [-0.2, 0) is 14.3 Å². The van der Waals surface area contributed by atoms with Crippen molar-refractivity contribution in [3.8, 4) is 0 Å². The van der Waals surface area contributed by atoms with E-state index in [1.807, 2.05) is 0 Å². The van der Waals surface area contributed by atoms with Crippen LogP contribution in [-0.4, -0.2) is 68.0 Å². The largest absolute Gasteiger partial charge is 0.479 e. The van der Waals surface area contributed by atoms with Gasteiger partial charge in [-0.3, -0.25) is 0 Å². The standard InChI is InChI=1S/C11H20O8/c1-3-10(18,8(14)15)11(4-2,9(16)17)19-6-7(13)5-12/h7,12-13,18H,3-6H2,1-2H3,(H,14,15)(H,16,17). The molecule has 0 aromatic heterocycles. The van der Waals surface area contributed by atoms with Crippen molar-refractivity contribution in [2.75, 3.05) is 13.2 Å². The van der Waals surface area contributed by atoms with Gasteiger partial charge in [0, 0.05) is 0 Å². The number of rotatable bonds is 9. The SMILES string of the molecule is CCC(O)(C(=O)O)C(CC)(OCC(O)CO)C(=O)O. The van der Waals surface area contributed by atoms with E-state index < -0.39 is 48.9 Å². The lowest BCUT2D eigenvalue weighted by Gasteiger charge is -2.40. The fourth-order valence-electron chi connectivity index (χ4n) is 1.80. The fourth-order valence-corrected chi connectivity index (χ4v) is 1.80. The minimum atomic E-state index is -2.64. The number of carboxylic acids is 2. The molecule has 0 radical (unpaired) electrons. The predicted molar refractivity (Wildman–Crippen MR) is 62.6 cm³/mol. The Kier molecular flexibility index (Phi) is 6.37. The van der Waals surface area contributed by atoms with E-state index in [4.69, 9.17) is 14.9 Å². The molecule has 0 aromatic carbocycles. The summed E-state index contributed by atoms with van der Waals surface area (Å²) in [7, 11) is 0. The summed E-state index contributed by atoms with van der Waals surface area (Å²) in [5.41, 5.74) is -5.04. The zero-order chi connectivity index (χ0) is 15.3. The highest BCUT2D eigenvalue weighted by Gasteiger charge is 2.60. The lowest BCUT2D eigenvalue weighted by Crippen LogP contribution is -2.65. The second kappa shape index (κ2) is 6.80. The van der Waals surface area contributed by atoms with Gasteiger partial charge < -0.3 is 30.3 Å². The van der Waals surface area contributed by atoms with Crippen molar-refractivity contribution < 1.29 is 39.9 Å². The summed E-state index contributed by atoms with van der Waals surface area (Å²) in [5.74, 6) is -3.37. The Labute approximate surface area is 110 Å². The molecule has 0 fully saturated rings. The smallest absolute Gasteiger partial charge is 0.339 e. The molecule has 0 spiro atoms. The quantitative estimate of drug-likeness (QED) is 0.355. The van der Waals surface area contributed by atoms with Crippen molar-refractivity contribution >= 4 is 11.9 Å². The molecule has 112 valence electrons. The van der Waals surface area contributed by atoms with Gasteiger partial charge in [0.2, 0.25) is 11.2 Å². The van der Waals surface area contributed by atoms with E-state index >= 15 is 0 Å². The third-order valence-corrected chi connectivity index (χ3v) is 3.11. The summed E-state index contributed by atoms with van der Waals surface area (Å²) >= 11 is 0. The maximum Gasteiger partial charge on any atom is 0.339 e. The number of carboxylic acid groups (broad SMARTS) is 2. The molecule has 0 amide bonds. The van der Waals surface area contributed by atoms with Crippen LogP contribution in [0.5, 0.6) is 0 Å². The van der Waals surface area contributed by atoms with Gasteiger partial charge in [-0.2, -0.15) is 0 Å². The minimum Gasteiger partial charge on any atom is -0.479 e. The molecule has 0 heterocycles. The van der Waals surface area contributed by atoms with Crippen molar-refractivity contribution in [2.45, 2.75) is 44.0 Å². The van der Waals surface area contributed by atoms with E-state index in [1.165, 1.54) is 13.8 Å². The zero-order valence-electron chi connectivity index (χ0n) is 10.9. The third kappa shape index (κ3) is 3.21. The van der Waals surface area contributed by atoms with E-state index in [9.17, 15) is 24.9 Å². The van der Waals surface area contributed by atoms with Gasteiger partial charge >= 0.3 is 11.9 Å². The molecule has 0 rings (SSSR count). The van der Waals surface area contributed by atoms with Crippen LogP contribution in [0, 0.1) is 0 Å². The van der Waals surface area contributed by atoms with Crippen molar-refractivity contribution in [2.24, 2.45) is 0 Å². The first-order valence-corrected chi connectivity index (χ1v) is 5.83. The highest BCUT2D eigenvalue weighted by Crippen LogP contribution is 2.34. The number of aliphatic carboxylic acids is 2. The number of carbonyl (C=O) groups is 2. The molecule has 0 saturated heterocycles. The molecule has 19 heavy (non-hydrogen) atoms. The molecular weight excluding hydrogens is 260 g/mol. The normalized spacial score (nSPS) is 19.2. The number of ether oxygens (including phenoxy) is 1. The van der Waals surface area contributed by atoms with Crippen LogP contribution < -0.4 is 0 Å². The third-order valence-electron chi connectivity index (χ3n) is 3.11. The summed E-state index contributed by atoms with van der Waals surface area (Å²) in [5, 5.41) is 46.2. The van der Waals surface area contributed by atoms with Crippen LogP contribution >= 0.6 is 0 Å². The average Bonchev–Trinajstić information content (AvgIpc) is 2.38. The molecule has 8 nitrogen and oxygen atoms in total. The van der Waals surface area contributed by atoms with E-state index in [1.54, 1.807) is 0 Å². The fraction of sp³-hybridized carbons (Fsp3) is 0.818. The van der Waals surface area contributed by atoms with Crippen LogP contribution in [0.2, 0.25) is 0 Å². The van der Waals surface area contributed by atoms with Gasteiger partial charge in [-0.05, 0) is 12.8 Å². The Morgan fingerprint density at radius 3 is 1.95 bits per heavy atom. The Hall–Kier alpha value is -1.22. The zero-order valence-corrected chi connectivity index (χ0v) is 10.9. The van der Waals surface area contributed by atoms with E-state index in [0.717, 1.165) is 0 Å². The second-order valence-corrected chi connectivity index (χ2v) is 4.15. The van der Waals surface area contributed by atoms with Gasteiger partial charge in [-0.1, -0.05) is 13.8 Å². The topological polar surface area (TPSA) is 145 Å². The monoisotopic (exact) mass is 280 g/mol. The summed E-state index contributed by atoms with van der Waals surface area (Å²) in [6.45, 7) is 1.39. The first-order chi connectivity index (χ1) is 8.71. The summed E-state index contributed by atoms with van der Waals surface area (Å²) in [6.07, 6.45) is -2.07. The van der Waals surface area contributed by atoms with Gasteiger partial charge in [-0.15, -0.1) is 0 Å². The first kappa shape index (κ1) is 17.8. The highest BCUT2D eigenvalue weighted by atomic mass is 16.6. The van der Waals surface area contributed by atoms with Crippen molar-refractivity contribution in [3.63, 3.8) is 0 Å². The Bertz CT molecular complexity index is 331. The van der Waals surface area contributed by atoms with Crippen LogP contribution in [0.25, 0.3) is 0 Å². The lowest BCUT2D eigenvalue weighted by atomic mass is 9.78. The maximum absolute atomic E-state index is 11.4. The Morgan fingerprint density at radius 1 is 1.16 bits per heavy atom. The maximum atomic E-state index is 11.4. The predicted octanol–water partition coefficient (Wildman–Crippen LogP) is -1.18. The highest BCUT2D eigenvalue weighted by molar-refractivity contribution is 5.90. The number of aliphatic hydroxyl groups excluding tert-OH is 2. The number of aliphatic hydroxyl groups is 3. The molecule has 3 unspecified atom stereocenters. The number of hydrogen-bond donors (Lipinski definition) is 5. The van der Waals surface area contributed by atoms with Crippen molar-refractivity contribution in [1.82, 2.24) is 0 Å². The molecular formula is C11H20O8. The molecule has 0 bridgehead atoms. The van der Waals surface area contributed by atoms with E-state index in [-0.39, 0.29) is 6.42 Å². The average molecular weight is 280 g/mol. The summed E-state index contributed by atoms with van der Waals surface area (Å²) in [6, 6.07) is 0. The van der Waals surface area contributed by atoms with E-state index in [2.05, 4.69) is 0 Å². The Morgan fingerprint density at radius 2 is 1.68 bits per heavy atom. The first-order valence-electron chi connectivity index (χ1n) is 5.83. The van der Waals surface area contributed by atoms with Gasteiger partial charge in [0.25, 0.3) is 0 Å². The molecule has 0 aliphatic carbocycles. The van der Waals surface area contributed by atoms with Gasteiger partial charge in [0.15, 0.2) is 0 Å². The molecule has 0 saturated carbocycles. The summed E-state index contributed by atoms with van der Waals surface area (Å²) in [4.78, 5) is 22.5. The summed E-state index contributed by atoms with van der Waals surface area (Å²) < 4.78 is 4.97. The van der Waals surface area contributed by atoms with Gasteiger partial charge in [-0.25, -0.2) is 9.59 Å². The molecule has 0 aliphatic heterocycles. The van der Waals surface area contributed by atoms with E-state index in [0.29, 0.717) is 0 Å². The van der Waals surface area contributed by atoms with Gasteiger partial charge in [0.1, 0.15) is 6.10 Å². The molecule has 3 atom stereocenters. The van der Waals surface area contributed by atoms with Crippen LogP contribution in [0.15, 0.2) is 0 Å². The van der Waals surface area contributed by atoms with Crippen molar-refractivity contribution in [3.05, 3.63) is 0 Å². The molecule has 0 aliphatic rings. The second-order valence-electron chi connectivity index (χ2n) is 4.15. The molecule has 0 aromatic rings.